The number of nitrogens with two attached hydrogens (primary N) is 1. The van der Waals surface area contributed by atoms with Crippen molar-refractivity contribution in [3.05, 3.63) is 71.8 Å². The van der Waals surface area contributed by atoms with Crippen molar-refractivity contribution >= 4 is 17.8 Å². The van der Waals surface area contributed by atoms with E-state index in [1.165, 1.54) is 0 Å². The molecule has 2 amide bonds. The van der Waals surface area contributed by atoms with Gasteiger partial charge in [0.05, 0.1) is 0 Å². The van der Waals surface area contributed by atoms with Crippen LogP contribution in [0.15, 0.2) is 60.7 Å². The summed E-state index contributed by atoms with van der Waals surface area (Å²) in [5, 5.41) is 12.4. The number of amides is 2. The number of aliphatic carboxylic acids is 1. The Morgan fingerprint density at radius 2 is 1.38 bits per heavy atom. The van der Waals surface area contributed by atoms with Gasteiger partial charge in [-0.15, -0.1) is 0 Å². The van der Waals surface area contributed by atoms with Gasteiger partial charge >= 0.3 is 17.8 Å². The number of benzene rings is 2. The molecule has 2 rings (SSSR count). The topological polar surface area (TPSA) is 109 Å². The van der Waals surface area contributed by atoms with E-state index in [9.17, 15) is 19.5 Å². The fraction of sp³-hybridized carbons (Fsp3) is 0.167. The molecule has 0 saturated carbocycles. The van der Waals surface area contributed by atoms with Gasteiger partial charge in [0.15, 0.2) is 0 Å². The van der Waals surface area contributed by atoms with Crippen LogP contribution in [-0.4, -0.2) is 29.4 Å². The Bertz CT molecular complexity index is 690. The van der Waals surface area contributed by atoms with Crippen molar-refractivity contribution in [2.45, 2.75) is 11.8 Å². The first-order valence-corrected chi connectivity index (χ1v) is 7.40. The highest BCUT2D eigenvalue weighted by molar-refractivity contribution is 6.34. The average Bonchev–Trinajstić information content (AvgIpc) is 2.59. The smallest absolute Gasteiger partial charge is 0.318 e. The third-order valence-electron chi connectivity index (χ3n) is 3.91. The Hall–Kier alpha value is -3.15. The molecule has 0 bridgehead atoms. The number of carboxylic acids is 1. The summed E-state index contributed by atoms with van der Waals surface area (Å²) in [7, 11) is 0. The van der Waals surface area contributed by atoms with Crippen molar-refractivity contribution < 1.29 is 19.5 Å². The Balaban J connectivity index is 2.42. The number of carboxylic acid groups (broad SMARTS) is 1. The standard InChI is InChI=1S/C18H18N2O4/c19-15(21)16(22)20-12-11-18(17(23)24,13-7-3-1-4-8-13)14-9-5-2-6-10-14/h1-10H,11-12H2,(H2,19,21)(H,20,22)(H,23,24). The molecule has 0 unspecified atom stereocenters. The van der Waals surface area contributed by atoms with Crippen LogP contribution in [0.3, 0.4) is 0 Å². The normalized spacial score (nSPS) is 10.8. The third-order valence-corrected chi connectivity index (χ3v) is 3.91. The van der Waals surface area contributed by atoms with Crippen LogP contribution in [0.4, 0.5) is 0 Å². The molecular weight excluding hydrogens is 308 g/mol. The zero-order valence-electron chi connectivity index (χ0n) is 12.9. The van der Waals surface area contributed by atoms with Crippen LogP contribution in [0, 0.1) is 0 Å². The van der Waals surface area contributed by atoms with E-state index in [0.29, 0.717) is 11.1 Å². The van der Waals surface area contributed by atoms with Crippen LogP contribution in [0.1, 0.15) is 17.5 Å². The minimum absolute atomic E-state index is 0.00212. The van der Waals surface area contributed by atoms with E-state index < -0.39 is 23.2 Å². The second-order valence-electron chi connectivity index (χ2n) is 5.31. The molecule has 0 fully saturated rings. The molecular formula is C18H18N2O4. The molecule has 0 aliphatic rings. The van der Waals surface area contributed by atoms with E-state index in [-0.39, 0.29) is 13.0 Å². The van der Waals surface area contributed by atoms with Crippen LogP contribution in [0.25, 0.3) is 0 Å². The molecule has 2 aromatic carbocycles. The van der Waals surface area contributed by atoms with Gasteiger partial charge in [-0.1, -0.05) is 60.7 Å². The number of carbonyl (C=O) groups is 3. The maximum absolute atomic E-state index is 12.2. The minimum Gasteiger partial charge on any atom is -0.480 e. The molecule has 2 aromatic rings. The molecule has 0 spiro atoms. The van der Waals surface area contributed by atoms with Gasteiger partial charge in [0.1, 0.15) is 5.41 Å². The zero-order chi connectivity index (χ0) is 17.6. The van der Waals surface area contributed by atoms with Gasteiger partial charge in [-0.2, -0.15) is 0 Å². The van der Waals surface area contributed by atoms with E-state index in [1.807, 2.05) is 0 Å². The molecule has 0 aliphatic carbocycles. The van der Waals surface area contributed by atoms with Crippen molar-refractivity contribution in [1.29, 1.82) is 0 Å². The first-order valence-electron chi connectivity index (χ1n) is 7.40. The fourth-order valence-electron chi connectivity index (χ4n) is 2.71. The quantitative estimate of drug-likeness (QED) is 0.689. The highest BCUT2D eigenvalue weighted by Gasteiger charge is 2.41. The lowest BCUT2D eigenvalue weighted by molar-refractivity contribution is -0.142. The Morgan fingerprint density at radius 1 is 0.917 bits per heavy atom. The monoisotopic (exact) mass is 326 g/mol. The summed E-state index contributed by atoms with van der Waals surface area (Å²) in [6, 6.07) is 17.6. The van der Waals surface area contributed by atoms with Gasteiger partial charge < -0.3 is 16.2 Å². The summed E-state index contributed by atoms with van der Waals surface area (Å²) in [5.74, 6) is -3.07. The van der Waals surface area contributed by atoms with Crippen molar-refractivity contribution in [3.63, 3.8) is 0 Å². The molecule has 0 atom stereocenters. The highest BCUT2D eigenvalue weighted by atomic mass is 16.4. The zero-order valence-corrected chi connectivity index (χ0v) is 12.9. The summed E-state index contributed by atoms with van der Waals surface area (Å²) in [5.41, 5.74) is 4.75. The van der Waals surface area contributed by atoms with Gasteiger partial charge in [0.25, 0.3) is 0 Å². The lowest BCUT2D eigenvalue weighted by atomic mass is 9.72. The van der Waals surface area contributed by atoms with Gasteiger partial charge in [-0.25, -0.2) is 0 Å². The average molecular weight is 326 g/mol. The second-order valence-corrected chi connectivity index (χ2v) is 5.31. The lowest BCUT2D eigenvalue weighted by Gasteiger charge is -2.30. The lowest BCUT2D eigenvalue weighted by Crippen LogP contribution is -2.43. The molecule has 6 nitrogen and oxygen atoms in total. The van der Waals surface area contributed by atoms with E-state index in [2.05, 4.69) is 5.32 Å². The van der Waals surface area contributed by atoms with E-state index >= 15 is 0 Å². The maximum atomic E-state index is 12.2. The molecule has 0 aliphatic heterocycles. The molecule has 124 valence electrons. The van der Waals surface area contributed by atoms with E-state index in [4.69, 9.17) is 5.73 Å². The summed E-state index contributed by atoms with van der Waals surface area (Å²) in [6.07, 6.45) is 0.0787. The van der Waals surface area contributed by atoms with Crippen LogP contribution in [0.5, 0.6) is 0 Å². The summed E-state index contributed by atoms with van der Waals surface area (Å²) in [4.78, 5) is 34.4. The van der Waals surface area contributed by atoms with Crippen molar-refractivity contribution in [2.24, 2.45) is 5.73 Å². The molecule has 4 N–H and O–H groups in total. The molecule has 6 heteroatoms. The largest absolute Gasteiger partial charge is 0.480 e. The number of hydrogen-bond acceptors (Lipinski definition) is 3. The maximum Gasteiger partial charge on any atom is 0.318 e. The van der Waals surface area contributed by atoms with E-state index in [0.717, 1.165) is 0 Å². The van der Waals surface area contributed by atoms with Crippen LogP contribution in [0.2, 0.25) is 0 Å². The molecule has 0 aromatic heterocycles. The number of primary amides is 1. The van der Waals surface area contributed by atoms with Crippen molar-refractivity contribution in [1.82, 2.24) is 5.32 Å². The number of rotatable bonds is 6. The van der Waals surface area contributed by atoms with Crippen LogP contribution >= 0.6 is 0 Å². The van der Waals surface area contributed by atoms with Crippen LogP contribution < -0.4 is 11.1 Å². The predicted molar refractivity (Wildman–Crippen MR) is 88.1 cm³/mol. The minimum atomic E-state index is -1.34. The van der Waals surface area contributed by atoms with Gasteiger partial charge in [0.2, 0.25) is 0 Å². The first kappa shape index (κ1) is 17.2. The molecule has 0 saturated heterocycles. The summed E-state index contributed by atoms with van der Waals surface area (Å²) in [6.45, 7) is -0.00212. The SMILES string of the molecule is NC(=O)C(=O)NCCC(C(=O)O)(c1ccccc1)c1ccccc1. The fourth-order valence-corrected chi connectivity index (χ4v) is 2.71. The van der Waals surface area contributed by atoms with Crippen molar-refractivity contribution in [2.75, 3.05) is 6.54 Å². The number of nitrogens with one attached hydrogen (secondary N) is 1. The third kappa shape index (κ3) is 3.43. The summed E-state index contributed by atoms with van der Waals surface area (Å²) < 4.78 is 0. The van der Waals surface area contributed by atoms with Gasteiger partial charge in [0, 0.05) is 6.54 Å². The Kier molecular flexibility index (Phi) is 5.31. The predicted octanol–water partition coefficient (Wildman–Crippen LogP) is 1.05. The Morgan fingerprint density at radius 3 is 1.75 bits per heavy atom. The molecule has 0 heterocycles. The van der Waals surface area contributed by atoms with Crippen LogP contribution in [-0.2, 0) is 19.8 Å². The first-order chi connectivity index (χ1) is 11.5. The van der Waals surface area contributed by atoms with Crippen molar-refractivity contribution in [3.8, 4) is 0 Å². The number of carbonyl (C=O) groups excluding carboxylic acids is 2. The van der Waals surface area contributed by atoms with Gasteiger partial charge in [-0.05, 0) is 17.5 Å². The molecule has 0 radical (unpaired) electrons. The Labute approximate surface area is 139 Å². The van der Waals surface area contributed by atoms with E-state index in [1.54, 1.807) is 60.7 Å². The highest BCUT2D eigenvalue weighted by Crippen LogP contribution is 2.35. The number of hydrogen-bond donors (Lipinski definition) is 3. The second kappa shape index (κ2) is 7.41. The molecule has 24 heavy (non-hydrogen) atoms. The van der Waals surface area contributed by atoms with Gasteiger partial charge in [-0.3, -0.25) is 14.4 Å². The summed E-state index contributed by atoms with van der Waals surface area (Å²) >= 11 is 0.